The monoisotopic (exact) mass is 202 g/mol. The van der Waals surface area contributed by atoms with E-state index in [1.807, 2.05) is 0 Å². The Morgan fingerprint density at radius 2 is 1.92 bits per heavy atom. The highest BCUT2D eigenvalue weighted by atomic mass is 32.2. The van der Waals surface area contributed by atoms with E-state index in [-0.39, 0.29) is 0 Å². The fraction of sp³-hybridized carbons (Fsp3) is 0.800. The summed E-state index contributed by atoms with van der Waals surface area (Å²) >= 11 is 4.28. The molecule has 12 heavy (non-hydrogen) atoms. The average molecular weight is 202 g/mol. The largest absolute Gasteiger partial charge is 0.139 e. The molecule has 0 saturated carbocycles. The molecule has 0 nitrogen and oxygen atoms in total. The van der Waals surface area contributed by atoms with E-state index in [0.717, 1.165) is 0 Å². The van der Waals surface area contributed by atoms with Crippen molar-refractivity contribution in [1.82, 2.24) is 0 Å². The maximum Gasteiger partial charge on any atom is 0.0818 e. The Labute approximate surface area is 84.6 Å². The van der Waals surface area contributed by atoms with Crippen LogP contribution in [-0.4, -0.2) is 15.6 Å². The molecule has 0 aromatic heterocycles. The van der Waals surface area contributed by atoms with Crippen molar-refractivity contribution in [3.8, 4) is 0 Å². The van der Waals surface area contributed by atoms with E-state index in [1.54, 1.807) is 5.57 Å². The van der Waals surface area contributed by atoms with Gasteiger partial charge in [-0.2, -0.15) is 0 Å². The van der Waals surface area contributed by atoms with Crippen LogP contribution in [0.15, 0.2) is 11.6 Å². The molecule has 1 heterocycles. The van der Waals surface area contributed by atoms with Crippen LogP contribution in [0.5, 0.6) is 0 Å². The standard InChI is InChI=1S/C10H18S2/c1-4-9(5-2)10(6-3)11-7-8-12-10/h4H,5-8H2,1-3H3/b9-4+. The van der Waals surface area contributed by atoms with Gasteiger partial charge in [-0.3, -0.25) is 0 Å². The third-order valence-electron chi connectivity index (χ3n) is 2.44. The molecule has 0 bridgehead atoms. The second kappa shape index (κ2) is 4.61. The van der Waals surface area contributed by atoms with Gasteiger partial charge in [0.05, 0.1) is 4.08 Å². The Hall–Kier alpha value is 0.440. The lowest BCUT2D eigenvalue weighted by atomic mass is 10.1. The van der Waals surface area contributed by atoms with Crippen molar-refractivity contribution in [2.75, 3.05) is 11.5 Å². The first-order chi connectivity index (χ1) is 5.79. The van der Waals surface area contributed by atoms with Gasteiger partial charge in [-0.25, -0.2) is 0 Å². The maximum absolute atomic E-state index is 2.31. The van der Waals surface area contributed by atoms with Gasteiger partial charge in [0.2, 0.25) is 0 Å². The third-order valence-corrected chi connectivity index (χ3v) is 6.25. The minimum absolute atomic E-state index is 0.448. The first-order valence-electron chi connectivity index (χ1n) is 4.72. The van der Waals surface area contributed by atoms with Gasteiger partial charge in [-0.1, -0.05) is 19.9 Å². The van der Waals surface area contributed by atoms with Gasteiger partial charge in [0.1, 0.15) is 0 Å². The topological polar surface area (TPSA) is 0 Å². The number of allylic oxidation sites excluding steroid dienone is 1. The van der Waals surface area contributed by atoms with Gasteiger partial charge in [-0.15, -0.1) is 23.5 Å². The molecular formula is C10H18S2. The Bertz CT molecular complexity index is 167. The van der Waals surface area contributed by atoms with Gasteiger partial charge in [0, 0.05) is 11.5 Å². The summed E-state index contributed by atoms with van der Waals surface area (Å²) in [6, 6.07) is 0. The van der Waals surface area contributed by atoms with Crippen molar-refractivity contribution >= 4 is 23.5 Å². The Morgan fingerprint density at radius 3 is 2.25 bits per heavy atom. The fourth-order valence-electron chi connectivity index (χ4n) is 1.76. The molecule has 0 unspecified atom stereocenters. The molecule has 1 saturated heterocycles. The zero-order chi connectivity index (χ0) is 9.03. The molecule has 0 atom stereocenters. The van der Waals surface area contributed by atoms with E-state index < -0.39 is 0 Å². The second-order valence-electron chi connectivity index (χ2n) is 2.97. The van der Waals surface area contributed by atoms with Crippen LogP contribution < -0.4 is 0 Å². The third kappa shape index (κ3) is 1.85. The highest BCUT2D eigenvalue weighted by molar-refractivity contribution is 8.21. The molecule has 1 rings (SSSR count). The molecule has 1 fully saturated rings. The van der Waals surface area contributed by atoms with Crippen LogP contribution in [0.2, 0.25) is 0 Å². The summed E-state index contributed by atoms with van der Waals surface area (Å²) in [6.07, 6.45) is 4.80. The predicted molar refractivity (Wildman–Crippen MR) is 62.0 cm³/mol. The molecule has 0 spiro atoms. The van der Waals surface area contributed by atoms with E-state index in [1.165, 1.54) is 24.3 Å². The van der Waals surface area contributed by atoms with Crippen LogP contribution in [0.3, 0.4) is 0 Å². The number of rotatable bonds is 3. The highest BCUT2D eigenvalue weighted by Crippen LogP contribution is 2.51. The van der Waals surface area contributed by atoms with Gasteiger partial charge >= 0.3 is 0 Å². The Kier molecular flexibility index (Phi) is 4.04. The molecule has 0 radical (unpaired) electrons. The summed E-state index contributed by atoms with van der Waals surface area (Å²) in [6.45, 7) is 6.76. The van der Waals surface area contributed by atoms with Crippen molar-refractivity contribution in [3.05, 3.63) is 11.6 Å². The lowest BCUT2D eigenvalue weighted by molar-refractivity contribution is 0.831. The maximum atomic E-state index is 2.31. The summed E-state index contributed by atoms with van der Waals surface area (Å²) < 4.78 is 0.448. The molecule has 0 aromatic carbocycles. The van der Waals surface area contributed by atoms with Crippen molar-refractivity contribution in [2.24, 2.45) is 0 Å². The molecule has 1 aliphatic heterocycles. The Balaban J connectivity index is 2.77. The minimum atomic E-state index is 0.448. The van der Waals surface area contributed by atoms with Crippen LogP contribution in [0, 0.1) is 0 Å². The van der Waals surface area contributed by atoms with E-state index in [0.29, 0.717) is 4.08 Å². The van der Waals surface area contributed by atoms with Crippen LogP contribution in [0.25, 0.3) is 0 Å². The second-order valence-corrected chi connectivity index (χ2v) is 6.02. The van der Waals surface area contributed by atoms with Gasteiger partial charge in [0.15, 0.2) is 0 Å². The van der Waals surface area contributed by atoms with Crippen molar-refractivity contribution in [3.63, 3.8) is 0 Å². The van der Waals surface area contributed by atoms with Crippen molar-refractivity contribution < 1.29 is 0 Å². The molecular weight excluding hydrogens is 184 g/mol. The summed E-state index contributed by atoms with van der Waals surface area (Å²) in [5, 5.41) is 0. The van der Waals surface area contributed by atoms with E-state index in [4.69, 9.17) is 0 Å². The smallest absolute Gasteiger partial charge is 0.0818 e. The van der Waals surface area contributed by atoms with Crippen LogP contribution in [-0.2, 0) is 0 Å². The molecule has 1 aliphatic rings. The van der Waals surface area contributed by atoms with Crippen molar-refractivity contribution in [1.29, 1.82) is 0 Å². The van der Waals surface area contributed by atoms with Gasteiger partial charge in [-0.05, 0) is 25.3 Å². The number of thioether (sulfide) groups is 2. The molecule has 0 aromatic rings. The molecule has 0 amide bonds. The van der Waals surface area contributed by atoms with Crippen LogP contribution in [0.1, 0.15) is 33.6 Å². The SMILES string of the molecule is C/C=C(\CC)C1(CC)SCCS1. The average Bonchev–Trinajstić information content (AvgIpc) is 2.56. The molecule has 2 heteroatoms. The lowest BCUT2D eigenvalue weighted by Crippen LogP contribution is -2.18. The first-order valence-corrected chi connectivity index (χ1v) is 6.69. The van der Waals surface area contributed by atoms with Crippen LogP contribution >= 0.6 is 23.5 Å². The summed E-state index contributed by atoms with van der Waals surface area (Å²) in [5.74, 6) is 2.66. The summed E-state index contributed by atoms with van der Waals surface area (Å²) in [4.78, 5) is 0. The lowest BCUT2D eigenvalue weighted by Gasteiger charge is -2.28. The van der Waals surface area contributed by atoms with Crippen LogP contribution in [0.4, 0.5) is 0 Å². The number of hydrogen-bond donors (Lipinski definition) is 0. The quantitative estimate of drug-likeness (QED) is 0.636. The minimum Gasteiger partial charge on any atom is -0.139 e. The zero-order valence-electron chi connectivity index (χ0n) is 8.22. The normalized spacial score (nSPS) is 23.1. The fourth-order valence-corrected chi connectivity index (χ4v) is 5.23. The predicted octanol–water partition coefficient (Wildman–Crippen LogP) is 3.93. The molecule has 0 N–H and O–H groups in total. The zero-order valence-corrected chi connectivity index (χ0v) is 9.86. The molecule has 70 valence electrons. The first kappa shape index (κ1) is 10.5. The number of hydrogen-bond acceptors (Lipinski definition) is 2. The van der Waals surface area contributed by atoms with E-state index in [9.17, 15) is 0 Å². The van der Waals surface area contributed by atoms with Gasteiger partial charge < -0.3 is 0 Å². The van der Waals surface area contributed by atoms with Gasteiger partial charge in [0.25, 0.3) is 0 Å². The summed E-state index contributed by atoms with van der Waals surface area (Å²) in [5.41, 5.74) is 1.64. The van der Waals surface area contributed by atoms with E-state index >= 15 is 0 Å². The highest BCUT2D eigenvalue weighted by Gasteiger charge is 2.35. The summed E-state index contributed by atoms with van der Waals surface area (Å²) in [7, 11) is 0. The molecule has 0 aliphatic carbocycles. The Morgan fingerprint density at radius 1 is 1.33 bits per heavy atom. The van der Waals surface area contributed by atoms with Crippen molar-refractivity contribution in [2.45, 2.75) is 37.7 Å². The van der Waals surface area contributed by atoms with E-state index in [2.05, 4.69) is 50.4 Å².